The first kappa shape index (κ1) is 24.5. The molecule has 0 radical (unpaired) electrons. The zero-order valence-electron chi connectivity index (χ0n) is 15.8. The summed E-state index contributed by atoms with van der Waals surface area (Å²) < 4.78 is 10.0. The molecule has 1 aliphatic heterocycles. The number of carbonyl (C=O) groups excluding carboxylic acids is 2. The molecular weight excluding hydrogens is 400 g/mol. The monoisotopic (exact) mass is 424 g/mol. The van der Waals surface area contributed by atoms with Gasteiger partial charge in [0.05, 0.1) is 10.6 Å². The third-order valence-electron chi connectivity index (χ3n) is 4.12. The summed E-state index contributed by atoms with van der Waals surface area (Å²) >= 11 is 0. The second-order valence-corrected chi connectivity index (χ2v) is 5.85. The van der Waals surface area contributed by atoms with Gasteiger partial charge >= 0.3 is 12.1 Å². The molecule has 0 aromatic carbocycles. The Morgan fingerprint density at radius 3 is 2.14 bits per heavy atom. The van der Waals surface area contributed by atoms with E-state index in [2.05, 4.69) is 10.6 Å². The quantitative estimate of drug-likeness (QED) is 0.137. The van der Waals surface area contributed by atoms with Crippen molar-refractivity contribution in [2.24, 2.45) is 10.6 Å². The van der Waals surface area contributed by atoms with E-state index in [1.165, 1.54) is 13.8 Å². The van der Waals surface area contributed by atoms with Crippen molar-refractivity contribution in [3.05, 3.63) is 9.81 Å². The predicted octanol–water partition coefficient (Wildman–Crippen LogP) is -2.49. The number of hydrogen-bond acceptors (Lipinski definition) is 12. The minimum absolute atomic E-state index is 0.121. The van der Waals surface area contributed by atoms with E-state index in [1.54, 1.807) is 0 Å². The largest absolute Gasteiger partial charge is 0.387 e. The fourth-order valence-corrected chi connectivity index (χ4v) is 2.53. The molecule has 1 aliphatic rings. The molecule has 4 amide bonds. The first-order valence-corrected chi connectivity index (χ1v) is 8.40. The van der Waals surface area contributed by atoms with E-state index in [0.717, 1.165) is 7.11 Å². The standard InChI is InChI=1S/C13H24N6O10/c1-4-18(16-26)11(23)14-9(22)7-6(20)8(21)13(25,10(28-3)29-7)15-12(24)19(5-2)17-27/h6-10,20-22,25H,4-5H2,1-3H3,(H,14,23)(H,15,24)/t6-,7+,8+,9?,10+,13-/m1/s1. The summed E-state index contributed by atoms with van der Waals surface area (Å²) in [6, 6.07) is -2.36. The van der Waals surface area contributed by atoms with Crippen molar-refractivity contribution < 1.29 is 39.5 Å². The molecule has 1 rings (SSSR count). The average molecular weight is 424 g/mol. The number of rotatable bonds is 8. The van der Waals surface area contributed by atoms with Gasteiger partial charge in [0.2, 0.25) is 12.0 Å². The van der Waals surface area contributed by atoms with E-state index in [-0.39, 0.29) is 13.1 Å². The summed E-state index contributed by atoms with van der Waals surface area (Å²) in [6.45, 7) is 2.55. The molecule has 0 aromatic heterocycles. The number of nitrogens with one attached hydrogen (secondary N) is 2. The lowest BCUT2D eigenvalue weighted by Gasteiger charge is -2.48. The van der Waals surface area contributed by atoms with Crippen LogP contribution >= 0.6 is 0 Å². The van der Waals surface area contributed by atoms with Gasteiger partial charge in [0, 0.05) is 20.2 Å². The Morgan fingerprint density at radius 2 is 1.69 bits per heavy atom. The van der Waals surface area contributed by atoms with Crippen LogP contribution in [-0.2, 0) is 9.47 Å². The number of urea groups is 2. The van der Waals surface area contributed by atoms with Crippen molar-refractivity contribution in [1.29, 1.82) is 0 Å². The van der Waals surface area contributed by atoms with E-state index in [1.807, 2.05) is 10.6 Å². The maximum absolute atomic E-state index is 12.0. The van der Waals surface area contributed by atoms with Gasteiger partial charge in [-0.3, -0.25) is 0 Å². The number of amides is 4. The third kappa shape index (κ3) is 5.11. The Hall–Kier alpha value is -2.50. The number of carbonyl (C=O) groups is 2. The lowest BCUT2D eigenvalue weighted by Crippen LogP contribution is -2.75. The predicted molar refractivity (Wildman–Crippen MR) is 92.1 cm³/mol. The highest BCUT2D eigenvalue weighted by Crippen LogP contribution is 2.30. The SMILES string of the molecule is CCN(N=O)C(=O)NC(O)[C@H]1O[C@H](OC)[C@@](O)(NC(=O)N(CC)N=O)[C@@H](O)[C@@H]1O. The molecule has 1 unspecified atom stereocenters. The Labute approximate surface area is 164 Å². The van der Waals surface area contributed by atoms with Gasteiger partial charge in [0.1, 0.15) is 18.3 Å². The number of aliphatic hydroxyl groups is 4. The van der Waals surface area contributed by atoms with Gasteiger partial charge in [-0.25, -0.2) is 9.59 Å². The van der Waals surface area contributed by atoms with E-state index < -0.39 is 48.6 Å². The Bertz CT molecular complexity index is 605. The second kappa shape index (κ2) is 10.3. The molecule has 0 aromatic rings. The molecule has 0 aliphatic carbocycles. The number of nitroso groups, excluding NO2 is 2. The molecule has 0 spiro atoms. The van der Waals surface area contributed by atoms with Crippen molar-refractivity contribution in [3.63, 3.8) is 0 Å². The average Bonchev–Trinajstić information content (AvgIpc) is 2.68. The lowest BCUT2D eigenvalue weighted by atomic mass is 9.92. The van der Waals surface area contributed by atoms with Gasteiger partial charge in [0.15, 0.2) is 6.23 Å². The molecule has 1 saturated heterocycles. The highest BCUT2D eigenvalue weighted by molar-refractivity contribution is 5.75. The molecule has 0 bridgehead atoms. The number of hydrogen-bond donors (Lipinski definition) is 6. The van der Waals surface area contributed by atoms with Gasteiger partial charge in [-0.15, -0.1) is 9.81 Å². The minimum atomic E-state index is -2.76. The van der Waals surface area contributed by atoms with E-state index in [0.29, 0.717) is 10.0 Å². The van der Waals surface area contributed by atoms with Crippen molar-refractivity contribution in [3.8, 4) is 0 Å². The molecule has 1 fully saturated rings. The first-order valence-electron chi connectivity index (χ1n) is 8.40. The van der Waals surface area contributed by atoms with Crippen LogP contribution < -0.4 is 10.6 Å². The fraction of sp³-hybridized carbons (Fsp3) is 0.846. The van der Waals surface area contributed by atoms with Crippen LogP contribution in [0.25, 0.3) is 0 Å². The number of aliphatic hydroxyl groups excluding tert-OH is 3. The molecule has 6 N–H and O–H groups in total. The second-order valence-electron chi connectivity index (χ2n) is 5.85. The van der Waals surface area contributed by atoms with Crippen molar-refractivity contribution in [2.45, 2.75) is 50.4 Å². The Balaban J connectivity index is 3.01. The molecule has 29 heavy (non-hydrogen) atoms. The number of ether oxygens (including phenoxy) is 2. The van der Waals surface area contributed by atoms with Gasteiger partial charge in [-0.05, 0) is 13.8 Å². The van der Waals surface area contributed by atoms with Crippen LogP contribution in [0.5, 0.6) is 0 Å². The van der Waals surface area contributed by atoms with Crippen LogP contribution in [0.15, 0.2) is 10.6 Å². The molecule has 0 saturated carbocycles. The van der Waals surface area contributed by atoms with E-state index >= 15 is 0 Å². The zero-order valence-corrected chi connectivity index (χ0v) is 15.8. The summed E-state index contributed by atoms with van der Waals surface area (Å²) in [6.07, 6.45) is -9.88. The van der Waals surface area contributed by atoms with Crippen molar-refractivity contribution in [2.75, 3.05) is 20.2 Å². The van der Waals surface area contributed by atoms with Crippen LogP contribution in [0, 0.1) is 9.81 Å². The fourth-order valence-electron chi connectivity index (χ4n) is 2.53. The number of methoxy groups -OCH3 is 1. The van der Waals surface area contributed by atoms with E-state index in [4.69, 9.17) is 9.47 Å². The van der Waals surface area contributed by atoms with Crippen molar-refractivity contribution >= 4 is 12.1 Å². The first-order chi connectivity index (χ1) is 13.6. The van der Waals surface area contributed by atoms with Gasteiger partial charge in [0.25, 0.3) is 0 Å². The van der Waals surface area contributed by atoms with Crippen molar-refractivity contribution in [1.82, 2.24) is 20.7 Å². The third-order valence-corrected chi connectivity index (χ3v) is 4.12. The van der Waals surface area contributed by atoms with Gasteiger partial charge < -0.3 is 40.5 Å². The summed E-state index contributed by atoms with van der Waals surface area (Å²) in [5, 5.41) is 50.7. The minimum Gasteiger partial charge on any atom is -0.387 e. The Kier molecular flexibility index (Phi) is 8.74. The molecule has 1 heterocycles. The normalized spacial score (nSPS) is 30.0. The summed E-state index contributed by atoms with van der Waals surface area (Å²) in [7, 11) is 1.01. The van der Waals surface area contributed by atoms with Crippen LogP contribution in [0.3, 0.4) is 0 Å². The molecular formula is C13H24N6O10. The van der Waals surface area contributed by atoms with Gasteiger partial charge in [-0.2, -0.15) is 10.0 Å². The number of nitrogens with zero attached hydrogens (tertiary/aromatic N) is 4. The Morgan fingerprint density at radius 1 is 1.17 bits per heavy atom. The highest BCUT2D eigenvalue weighted by Gasteiger charge is 2.58. The maximum atomic E-state index is 12.0. The molecule has 16 nitrogen and oxygen atoms in total. The van der Waals surface area contributed by atoms with E-state index in [9.17, 15) is 39.8 Å². The summed E-state index contributed by atoms with van der Waals surface area (Å²) in [5.41, 5.74) is -2.76. The van der Waals surface area contributed by atoms with Gasteiger partial charge in [-0.1, -0.05) is 0 Å². The maximum Gasteiger partial charge on any atom is 0.342 e. The zero-order chi connectivity index (χ0) is 22.4. The molecule has 166 valence electrons. The summed E-state index contributed by atoms with van der Waals surface area (Å²) in [5.74, 6) is 0. The van der Waals surface area contributed by atoms with Crippen LogP contribution in [0.2, 0.25) is 0 Å². The summed E-state index contributed by atoms with van der Waals surface area (Å²) in [4.78, 5) is 44.9. The molecule has 6 atom stereocenters. The molecule has 16 heteroatoms. The smallest absolute Gasteiger partial charge is 0.342 e. The highest BCUT2D eigenvalue weighted by atomic mass is 16.7. The van der Waals surface area contributed by atoms with Crippen LogP contribution in [0.4, 0.5) is 9.59 Å². The van der Waals surface area contributed by atoms with Crippen LogP contribution in [-0.4, -0.2) is 99.3 Å². The topological polar surface area (TPSA) is 223 Å². The lowest BCUT2D eigenvalue weighted by molar-refractivity contribution is -0.349. The van der Waals surface area contributed by atoms with Crippen LogP contribution in [0.1, 0.15) is 13.8 Å².